The van der Waals surface area contributed by atoms with Crippen molar-refractivity contribution in [3.8, 4) is 0 Å². The van der Waals surface area contributed by atoms with Crippen molar-refractivity contribution in [2.75, 3.05) is 10.5 Å². The van der Waals surface area contributed by atoms with Crippen LogP contribution in [0.5, 0.6) is 0 Å². The Morgan fingerprint density at radius 2 is 1.95 bits per heavy atom. The summed E-state index contributed by atoms with van der Waals surface area (Å²) < 4.78 is 27.0. The van der Waals surface area contributed by atoms with Gasteiger partial charge in [-0.3, -0.25) is 4.72 Å². The molecule has 1 aromatic heterocycles. The van der Waals surface area contributed by atoms with E-state index >= 15 is 0 Å². The lowest BCUT2D eigenvalue weighted by Gasteiger charge is -2.07. The van der Waals surface area contributed by atoms with E-state index < -0.39 is 10.0 Å². The third-order valence-electron chi connectivity index (χ3n) is 2.89. The van der Waals surface area contributed by atoms with Crippen molar-refractivity contribution in [1.29, 1.82) is 0 Å². The lowest BCUT2D eigenvalue weighted by atomic mass is 10.1. The zero-order valence-electron chi connectivity index (χ0n) is 11.3. The van der Waals surface area contributed by atoms with Crippen molar-refractivity contribution in [2.24, 2.45) is 0 Å². The van der Waals surface area contributed by atoms with Crippen LogP contribution in [0.3, 0.4) is 0 Å². The summed E-state index contributed by atoms with van der Waals surface area (Å²) >= 11 is 1.11. The topological polar surface area (TPSA) is 72.2 Å². The highest BCUT2D eigenvalue weighted by atomic mass is 32.2. The Balaban J connectivity index is 2.09. The van der Waals surface area contributed by atoms with Gasteiger partial charge in [0, 0.05) is 16.8 Å². The third kappa shape index (κ3) is 3.74. The summed E-state index contributed by atoms with van der Waals surface area (Å²) in [4.78, 5) is 0. The lowest BCUT2D eigenvalue weighted by molar-refractivity contribution is 0.603. The van der Waals surface area contributed by atoms with E-state index in [4.69, 9.17) is 5.73 Å². The van der Waals surface area contributed by atoms with E-state index in [1.165, 1.54) is 11.6 Å². The van der Waals surface area contributed by atoms with Crippen LogP contribution in [-0.4, -0.2) is 8.42 Å². The largest absolute Gasteiger partial charge is 0.398 e. The molecule has 108 valence electrons. The van der Waals surface area contributed by atoms with Crippen molar-refractivity contribution in [3.63, 3.8) is 0 Å². The number of hydrogen-bond acceptors (Lipinski definition) is 4. The average Bonchev–Trinajstić information content (AvgIpc) is 2.85. The molecule has 0 radical (unpaired) electrons. The van der Waals surface area contributed by atoms with E-state index in [-0.39, 0.29) is 4.21 Å². The Hall–Kier alpha value is -1.53. The van der Waals surface area contributed by atoms with Crippen LogP contribution in [-0.2, 0) is 16.4 Å². The molecule has 3 N–H and O–H groups in total. The maximum absolute atomic E-state index is 12.1. The quantitative estimate of drug-likeness (QED) is 0.858. The molecule has 1 heterocycles. The van der Waals surface area contributed by atoms with Crippen molar-refractivity contribution >= 4 is 32.7 Å². The zero-order chi connectivity index (χ0) is 14.6. The second kappa shape index (κ2) is 6.28. The number of nitrogen functional groups attached to an aromatic ring is 1. The average molecular weight is 310 g/mol. The molecule has 0 saturated carbocycles. The fourth-order valence-corrected chi connectivity index (χ4v) is 3.94. The molecule has 0 aliphatic rings. The van der Waals surface area contributed by atoms with Gasteiger partial charge in [-0.15, -0.1) is 11.3 Å². The SMILES string of the molecule is CCCCc1ccc(NS(=O)(=O)c2cc(N)cs2)cc1. The standard InChI is InChI=1S/C14H18N2O2S2/c1-2-3-4-11-5-7-13(8-6-11)16-20(17,18)14-9-12(15)10-19-14/h5-10,16H,2-4,15H2,1H3. The first-order chi connectivity index (χ1) is 9.51. The molecule has 0 unspecified atom stereocenters. The number of nitrogens with one attached hydrogen (secondary N) is 1. The Morgan fingerprint density at radius 1 is 1.25 bits per heavy atom. The summed E-state index contributed by atoms with van der Waals surface area (Å²) in [7, 11) is -3.53. The van der Waals surface area contributed by atoms with Crippen molar-refractivity contribution in [3.05, 3.63) is 41.3 Å². The minimum Gasteiger partial charge on any atom is -0.398 e. The second-order valence-electron chi connectivity index (χ2n) is 4.61. The Bertz CT molecular complexity index is 661. The smallest absolute Gasteiger partial charge is 0.271 e. The van der Waals surface area contributed by atoms with Gasteiger partial charge in [0.05, 0.1) is 0 Å². The highest BCUT2D eigenvalue weighted by Crippen LogP contribution is 2.24. The van der Waals surface area contributed by atoms with Crippen LogP contribution in [0.1, 0.15) is 25.3 Å². The maximum Gasteiger partial charge on any atom is 0.271 e. The normalized spacial score (nSPS) is 11.4. The molecule has 0 spiro atoms. The number of rotatable bonds is 6. The van der Waals surface area contributed by atoms with E-state index in [9.17, 15) is 8.42 Å². The predicted octanol–water partition coefficient (Wildman–Crippen LogP) is 3.47. The molecule has 0 fully saturated rings. The summed E-state index contributed by atoms with van der Waals surface area (Å²) in [6.45, 7) is 2.15. The number of hydrogen-bond donors (Lipinski definition) is 2. The monoisotopic (exact) mass is 310 g/mol. The predicted molar refractivity (Wildman–Crippen MR) is 84.6 cm³/mol. The van der Waals surface area contributed by atoms with E-state index in [1.807, 2.05) is 12.1 Å². The molecule has 0 saturated heterocycles. The van der Waals surface area contributed by atoms with Crippen molar-refractivity contribution in [1.82, 2.24) is 0 Å². The summed E-state index contributed by atoms with van der Waals surface area (Å²) in [6.07, 6.45) is 3.30. The van der Waals surface area contributed by atoms with Crippen molar-refractivity contribution in [2.45, 2.75) is 30.4 Å². The van der Waals surface area contributed by atoms with Gasteiger partial charge in [0.2, 0.25) is 0 Å². The Morgan fingerprint density at radius 3 is 2.50 bits per heavy atom. The summed E-state index contributed by atoms with van der Waals surface area (Å²) in [5, 5.41) is 1.61. The number of nitrogens with two attached hydrogens (primary N) is 1. The van der Waals surface area contributed by atoms with Crippen LogP contribution in [0.2, 0.25) is 0 Å². The fraction of sp³-hybridized carbons (Fsp3) is 0.286. The van der Waals surface area contributed by atoms with Crippen LogP contribution in [0.15, 0.2) is 39.9 Å². The molecule has 0 bridgehead atoms. The minimum absolute atomic E-state index is 0.227. The van der Waals surface area contributed by atoms with Crippen LogP contribution in [0.25, 0.3) is 0 Å². The first-order valence-corrected chi connectivity index (χ1v) is 8.83. The van der Waals surface area contributed by atoms with E-state index in [0.717, 1.165) is 30.6 Å². The molecular formula is C14H18N2O2S2. The molecule has 0 aliphatic carbocycles. The molecule has 1 aromatic carbocycles. The summed E-state index contributed by atoms with van der Waals surface area (Å²) in [6, 6.07) is 8.95. The summed E-state index contributed by atoms with van der Waals surface area (Å²) in [5.41, 5.74) is 7.80. The summed E-state index contributed by atoms with van der Waals surface area (Å²) in [5.74, 6) is 0. The molecule has 0 aliphatic heterocycles. The maximum atomic E-state index is 12.1. The van der Waals surface area contributed by atoms with Gasteiger partial charge in [-0.25, -0.2) is 8.42 Å². The molecule has 0 amide bonds. The molecule has 20 heavy (non-hydrogen) atoms. The number of thiophene rings is 1. The van der Waals surface area contributed by atoms with E-state index in [1.54, 1.807) is 17.5 Å². The van der Waals surface area contributed by atoms with Gasteiger partial charge >= 0.3 is 0 Å². The van der Waals surface area contributed by atoms with Gasteiger partial charge in [-0.1, -0.05) is 25.5 Å². The molecule has 4 nitrogen and oxygen atoms in total. The van der Waals surface area contributed by atoms with Crippen LogP contribution < -0.4 is 10.5 Å². The van der Waals surface area contributed by atoms with Gasteiger partial charge in [0.25, 0.3) is 10.0 Å². The second-order valence-corrected chi connectivity index (χ2v) is 7.43. The van der Waals surface area contributed by atoms with Gasteiger partial charge in [-0.05, 0) is 36.6 Å². The minimum atomic E-state index is -3.53. The van der Waals surface area contributed by atoms with E-state index in [0.29, 0.717) is 11.4 Å². The first-order valence-electron chi connectivity index (χ1n) is 6.47. The molecule has 2 rings (SSSR count). The molecule has 2 aromatic rings. The number of benzene rings is 1. The number of anilines is 2. The Labute approximate surface area is 123 Å². The van der Waals surface area contributed by atoms with Gasteiger partial charge in [-0.2, -0.15) is 0 Å². The van der Waals surface area contributed by atoms with Crippen molar-refractivity contribution < 1.29 is 8.42 Å². The Kier molecular flexibility index (Phi) is 4.67. The van der Waals surface area contributed by atoms with Crippen LogP contribution in [0.4, 0.5) is 11.4 Å². The van der Waals surface area contributed by atoms with E-state index in [2.05, 4.69) is 11.6 Å². The van der Waals surface area contributed by atoms with Gasteiger partial charge < -0.3 is 5.73 Å². The number of unbranched alkanes of at least 4 members (excludes halogenated alkanes) is 1. The molecule has 0 atom stereocenters. The number of aryl methyl sites for hydroxylation is 1. The van der Waals surface area contributed by atoms with Gasteiger partial charge in [0.15, 0.2) is 0 Å². The van der Waals surface area contributed by atoms with Crippen LogP contribution >= 0.6 is 11.3 Å². The fourth-order valence-electron chi connectivity index (χ4n) is 1.80. The number of sulfonamides is 1. The highest BCUT2D eigenvalue weighted by molar-refractivity contribution is 7.94. The molecule has 6 heteroatoms. The van der Waals surface area contributed by atoms with Crippen LogP contribution in [0, 0.1) is 0 Å². The van der Waals surface area contributed by atoms with Gasteiger partial charge in [0.1, 0.15) is 4.21 Å². The zero-order valence-corrected chi connectivity index (χ0v) is 12.9. The first kappa shape index (κ1) is 14.9. The molecular weight excluding hydrogens is 292 g/mol. The lowest BCUT2D eigenvalue weighted by Crippen LogP contribution is -2.11. The third-order valence-corrected chi connectivity index (χ3v) is 5.72. The highest BCUT2D eigenvalue weighted by Gasteiger charge is 2.16.